The zero-order valence-electron chi connectivity index (χ0n) is 6.95. The molecule has 0 saturated carbocycles. The first-order chi connectivity index (χ1) is 4.96. The Morgan fingerprint density at radius 1 is 1.08 bits per heavy atom. The van der Waals surface area contributed by atoms with E-state index in [1.807, 2.05) is 0 Å². The molecule has 0 aliphatic carbocycles. The van der Waals surface area contributed by atoms with E-state index in [1.165, 1.54) is 14.1 Å². The van der Waals surface area contributed by atoms with Crippen molar-refractivity contribution >= 4 is 11.8 Å². The highest BCUT2D eigenvalue weighted by molar-refractivity contribution is 5.85. The predicted molar refractivity (Wildman–Crippen MR) is 36.3 cm³/mol. The Balaban J connectivity index is 0. The summed E-state index contributed by atoms with van der Waals surface area (Å²) in [6.45, 7) is -1.39. The van der Waals surface area contributed by atoms with Crippen LogP contribution in [0.5, 0.6) is 0 Å². The first kappa shape index (κ1) is 14.1. The number of amides is 2. The van der Waals surface area contributed by atoms with E-state index in [-0.39, 0.29) is 12.4 Å². The molecule has 0 aliphatic rings. The van der Waals surface area contributed by atoms with Crippen LogP contribution in [0.3, 0.4) is 0 Å². The highest BCUT2D eigenvalue weighted by Crippen LogP contribution is 1.98. The number of aliphatic hydroxyl groups is 2. The van der Waals surface area contributed by atoms with Crippen molar-refractivity contribution in [1.82, 2.24) is 0 Å². The fourth-order valence-corrected chi connectivity index (χ4v) is 0.493. The number of halogens is 1. The van der Waals surface area contributed by atoms with E-state index in [2.05, 4.69) is 0 Å². The number of carbonyl (C=O) groups excluding carboxylic acids is 2. The molecule has 0 spiro atoms. The summed E-state index contributed by atoms with van der Waals surface area (Å²) in [5, 5.41) is 16.8. The van der Waals surface area contributed by atoms with Crippen molar-refractivity contribution in [3.8, 4) is 0 Å². The third-order valence-electron chi connectivity index (χ3n) is 1.52. The second-order valence-electron chi connectivity index (χ2n) is 2.56. The third-order valence-corrected chi connectivity index (χ3v) is 1.52. The quantitative estimate of drug-likeness (QED) is 0.436. The van der Waals surface area contributed by atoms with Crippen molar-refractivity contribution in [2.24, 2.45) is 0 Å². The predicted octanol–water partition coefficient (Wildman–Crippen LogP) is -4.90. The number of aliphatic hydroxyl groups excluding tert-OH is 2. The van der Waals surface area contributed by atoms with Crippen LogP contribution in [0.15, 0.2) is 0 Å². The summed E-state index contributed by atoms with van der Waals surface area (Å²) in [7, 11) is 2.63. The Bertz CT molecular complexity index is 162. The van der Waals surface area contributed by atoms with Crippen molar-refractivity contribution in [3.05, 3.63) is 0 Å². The molecule has 12 heavy (non-hydrogen) atoms. The van der Waals surface area contributed by atoms with Gasteiger partial charge in [-0.1, -0.05) is 0 Å². The minimum atomic E-state index is -0.696. The van der Waals surface area contributed by atoms with Crippen molar-refractivity contribution in [2.75, 3.05) is 27.3 Å². The van der Waals surface area contributed by atoms with E-state index in [4.69, 9.17) is 10.2 Å². The second kappa shape index (κ2) is 5.21. The van der Waals surface area contributed by atoms with Gasteiger partial charge in [0.25, 0.3) is 0 Å². The summed E-state index contributed by atoms with van der Waals surface area (Å²) < 4.78 is -0.618. The number of carbonyl (C=O) groups is 2. The van der Waals surface area contributed by atoms with Gasteiger partial charge in [-0.3, -0.25) is 0 Å². The van der Waals surface area contributed by atoms with Crippen LogP contribution in [-0.2, 0) is 9.59 Å². The number of nitrogens with zero attached hydrogens (tertiary/aromatic N) is 1. The highest BCUT2D eigenvalue weighted by atomic mass is 35.5. The Morgan fingerprint density at radius 2 is 1.33 bits per heavy atom. The fourth-order valence-electron chi connectivity index (χ4n) is 0.493. The molecule has 0 fully saturated rings. The Hall–Kier alpha value is -0.490. The lowest BCUT2D eigenvalue weighted by molar-refractivity contribution is -0.736. The lowest BCUT2D eigenvalue weighted by atomic mass is 10.4. The summed E-state index contributed by atoms with van der Waals surface area (Å²) in [4.78, 5) is 21.6. The Kier molecular flexibility index (Phi) is 6.10. The van der Waals surface area contributed by atoms with Gasteiger partial charge in [-0.25, -0.2) is 9.59 Å². The molecule has 0 rings (SSSR count). The smallest absolute Gasteiger partial charge is 0.346 e. The molecule has 0 unspecified atom stereocenters. The van der Waals surface area contributed by atoms with Gasteiger partial charge in [0.05, 0.1) is 14.1 Å². The molecular formula is C6H12ClNO4. The molecule has 2 N–H and O–H groups in total. The van der Waals surface area contributed by atoms with Crippen LogP contribution in [0.25, 0.3) is 0 Å². The van der Waals surface area contributed by atoms with E-state index < -0.39 is 29.5 Å². The van der Waals surface area contributed by atoms with Crippen molar-refractivity contribution in [1.29, 1.82) is 0 Å². The minimum Gasteiger partial charge on any atom is -1.00 e. The average Bonchev–Trinajstić information content (AvgIpc) is 2.01. The monoisotopic (exact) mass is 197 g/mol. The first-order valence-corrected chi connectivity index (χ1v) is 3.09. The number of hydrogen-bond acceptors (Lipinski definition) is 4. The maximum absolute atomic E-state index is 10.8. The van der Waals surface area contributed by atoms with Crippen LogP contribution >= 0.6 is 0 Å². The molecule has 5 nitrogen and oxygen atoms in total. The van der Waals surface area contributed by atoms with Gasteiger partial charge in [0.2, 0.25) is 0 Å². The molecule has 0 aromatic heterocycles. The van der Waals surface area contributed by atoms with E-state index in [1.54, 1.807) is 0 Å². The number of rotatable bonds is 2. The fraction of sp³-hybridized carbons (Fsp3) is 0.667. The summed E-state index contributed by atoms with van der Waals surface area (Å²) in [6, 6.07) is 0. The molecule has 0 atom stereocenters. The van der Waals surface area contributed by atoms with Crippen molar-refractivity contribution in [3.63, 3.8) is 0 Å². The van der Waals surface area contributed by atoms with Gasteiger partial charge in [-0.05, 0) is 0 Å². The maximum atomic E-state index is 10.8. The van der Waals surface area contributed by atoms with Gasteiger partial charge < -0.3 is 22.6 Å². The van der Waals surface area contributed by atoms with Gasteiger partial charge in [-0.15, -0.1) is 0 Å². The largest absolute Gasteiger partial charge is 1.00 e. The first-order valence-electron chi connectivity index (χ1n) is 3.09. The van der Waals surface area contributed by atoms with Gasteiger partial charge >= 0.3 is 11.8 Å². The van der Waals surface area contributed by atoms with E-state index in [0.29, 0.717) is 0 Å². The Labute approximate surface area is 76.6 Å². The second-order valence-corrected chi connectivity index (χ2v) is 2.56. The van der Waals surface area contributed by atoms with Crippen LogP contribution < -0.4 is 12.4 Å². The number of likely N-dealkylation sites (N-methyl/N-ethyl adjacent to an activating group) is 1. The average molecular weight is 198 g/mol. The number of imide groups is 1. The summed E-state index contributed by atoms with van der Waals surface area (Å²) in [5.41, 5.74) is 0. The van der Waals surface area contributed by atoms with Crippen LogP contribution in [0.2, 0.25) is 0 Å². The topological polar surface area (TPSA) is 74.6 Å². The maximum Gasteiger partial charge on any atom is 0.346 e. The van der Waals surface area contributed by atoms with Crippen molar-refractivity contribution in [2.45, 2.75) is 0 Å². The standard InChI is InChI=1S/C6H12NO4.ClH/c1-7(2,5(10)3-8)6(11)4-9;/h8-9H,3-4H2,1-2H3;1H/q+1;/p-1. The number of quaternary nitrogens is 1. The summed E-state index contributed by atoms with van der Waals surface area (Å²) in [6.07, 6.45) is 0. The Morgan fingerprint density at radius 3 is 1.50 bits per heavy atom. The van der Waals surface area contributed by atoms with Crippen LogP contribution in [0, 0.1) is 0 Å². The zero-order valence-corrected chi connectivity index (χ0v) is 7.71. The van der Waals surface area contributed by atoms with E-state index in [9.17, 15) is 9.59 Å². The van der Waals surface area contributed by atoms with E-state index in [0.717, 1.165) is 0 Å². The third kappa shape index (κ3) is 2.86. The summed E-state index contributed by atoms with van der Waals surface area (Å²) >= 11 is 0. The molecule has 0 saturated heterocycles. The molecule has 0 bridgehead atoms. The molecule has 0 aliphatic heterocycles. The zero-order chi connectivity index (χ0) is 9.07. The molecular weight excluding hydrogens is 186 g/mol. The molecule has 2 amide bonds. The highest BCUT2D eigenvalue weighted by Gasteiger charge is 2.33. The van der Waals surface area contributed by atoms with Crippen molar-refractivity contribution < 1.29 is 36.7 Å². The summed E-state index contributed by atoms with van der Waals surface area (Å²) in [5.74, 6) is -1.27. The van der Waals surface area contributed by atoms with Gasteiger partial charge in [0.15, 0.2) is 13.2 Å². The molecule has 6 heteroatoms. The molecule has 0 heterocycles. The lowest BCUT2D eigenvalue weighted by Crippen LogP contribution is -3.00. The molecule has 72 valence electrons. The molecule has 0 radical (unpaired) electrons. The number of hydrogen-bond donors (Lipinski definition) is 2. The lowest BCUT2D eigenvalue weighted by Gasteiger charge is -2.21. The van der Waals surface area contributed by atoms with Crippen LogP contribution in [0.4, 0.5) is 0 Å². The molecule has 0 aromatic carbocycles. The van der Waals surface area contributed by atoms with Gasteiger partial charge in [0.1, 0.15) is 0 Å². The normalized spacial score (nSPS) is 10.3. The van der Waals surface area contributed by atoms with Gasteiger partial charge in [-0.2, -0.15) is 4.48 Å². The SMILES string of the molecule is C[N+](C)(C(=O)CO)C(=O)CO.[Cl-]. The van der Waals surface area contributed by atoms with Gasteiger partial charge in [0, 0.05) is 0 Å². The van der Waals surface area contributed by atoms with E-state index >= 15 is 0 Å². The van der Waals surface area contributed by atoms with Crippen LogP contribution in [-0.4, -0.2) is 53.8 Å². The molecule has 0 aromatic rings. The van der Waals surface area contributed by atoms with Crippen LogP contribution in [0.1, 0.15) is 0 Å². The minimum absolute atomic E-state index is 0.